The fraction of sp³-hybridized carbons (Fsp3) is 0.188. The number of amides is 1. The summed E-state index contributed by atoms with van der Waals surface area (Å²) in [7, 11) is 3.92. The summed E-state index contributed by atoms with van der Waals surface area (Å²) in [6.07, 6.45) is 0. The summed E-state index contributed by atoms with van der Waals surface area (Å²) in [6.45, 7) is 1.96. The molecule has 0 aromatic heterocycles. The molecular weight excluding hydrogens is 250 g/mol. The number of benzene rings is 2. The Hall–Kier alpha value is -2.49. The van der Waals surface area contributed by atoms with E-state index in [1.807, 2.05) is 56.3 Å². The van der Waals surface area contributed by atoms with Gasteiger partial charge in [0.05, 0.1) is 11.4 Å². The van der Waals surface area contributed by atoms with E-state index < -0.39 is 0 Å². The van der Waals surface area contributed by atoms with Crippen molar-refractivity contribution in [2.24, 2.45) is 0 Å². The van der Waals surface area contributed by atoms with Crippen LogP contribution in [0.4, 0.5) is 17.1 Å². The lowest BCUT2D eigenvalue weighted by Gasteiger charge is -2.13. The van der Waals surface area contributed by atoms with E-state index in [4.69, 9.17) is 5.73 Å². The first-order valence-corrected chi connectivity index (χ1v) is 6.42. The fourth-order valence-corrected chi connectivity index (χ4v) is 1.90. The van der Waals surface area contributed by atoms with E-state index in [9.17, 15) is 4.79 Å². The summed E-state index contributed by atoms with van der Waals surface area (Å²) in [5.74, 6) is -0.161. The van der Waals surface area contributed by atoms with Crippen LogP contribution in [0.5, 0.6) is 0 Å². The fourth-order valence-electron chi connectivity index (χ4n) is 1.90. The maximum atomic E-state index is 12.2. The van der Waals surface area contributed by atoms with E-state index >= 15 is 0 Å². The van der Waals surface area contributed by atoms with Crippen molar-refractivity contribution >= 4 is 23.0 Å². The van der Waals surface area contributed by atoms with Gasteiger partial charge >= 0.3 is 0 Å². The largest absolute Gasteiger partial charge is 0.397 e. The Morgan fingerprint density at radius 3 is 2.30 bits per heavy atom. The van der Waals surface area contributed by atoms with Crippen LogP contribution in [0, 0.1) is 6.92 Å². The van der Waals surface area contributed by atoms with Gasteiger partial charge in [-0.2, -0.15) is 0 Å². The van der Waals surface area contributed by atoms with Crippen molar-refractivity contribution in [1.82, 2.24) is 0 Å². The summed E-state index contributed by atoms with van der Waals surface area (Å²) < 4.78 is 0. The molecule has 4 nitrogen and oxygen atoms in total. The van der Waals surface area contributed by atoms with Crippen molar-refractivity contribution in [2.75, 3.05) is 30.0 Å². The molecule has 3 N–H and O–H groups in total. The van der Waals surface area contributed by atoms with Crippen LogP contribution < -0.4 is 16.0 Å². The van der Waals surface area contributed by atoms with Crippen LogP contribution in [0.3, 0.4) is 0 Å². The molecule has 0 aliphatic rings. The maximum Gasteiger partial charge on any atom is 0.255 e. The lowest BCUT2D eigenvalue weighted by molar-refractivity contribution is 0.102. The summed E-state index contributed by atoms with van der Waals surface area (Å²) in [6, 6.07) is 13.0. The summed E-state index contributed by atoms with van der Waals surface area (Å²) in [4.78, 5) is 14.1. The van der Waals surface area contributed by atoms with Crippen molar-refractivity contribution in [3.8, 4) is 0 Å². The topological polar surface area (TPSA) is 58.4 Å². The number of rotatable bonds is 3. The normalized spacial score (nSPS) is 10.2. The molecule has 2 rings (SSSR count). The molecule has 1 amide bonds. The lowest BCUT2D eigenvalue weighted by Crippen LogP contribution is -2.14. The van der Waals surface area contributed by atoms with Gasteiger partial charge in [-0.1, -0.05) is 6.07 Å². The van der Waals surface area contributed by atoms with Crippen molar-refractivity contribution in [2.45, 2.75) is 6.92 Å². The van der Waals surface area contributed by atoms with Crippen LogP contribution in [0.25, 0.3) is 0 Å². The van der Waals surface area contributed by atoms with Gasteiger partial charge in [0.25, 0.3) is 5.91 Å². The van der Waals surface area contributed by atoms with Crippen molar-refractivity contribution in [1.29, 1.82) is 0 Å². The van der Waals surface area contributed by atoms with Gasteiger partial charge in [0.1, 0.15) is 0 Å². The summed E-state index contributed by atoms with van der Waals surface area (Å²) in [5, 5.41) is 2.82. The van der Waals surface area contributed by atoms with Gasteiger partial charge in [0.2, 0.25) is 0 Å². The smallest absolute Gasteiger partial charge is 0.255 e. The Labute approximate surface area is 119 Å². The molecule has 104 valence electrons. The number of nitrogens with zero attached hydrogens (tertiary/aromatic N) is 1. The average molecular weight is 269 g/mol. The minimum Gasteiger partial charge on any atom is -0.397 e. The van der Waals surface area contributed by atoms with Crippen LogP contribution in [0.15, 0.2) is 42.5 Å². The highest BCUT2D eigenvalue weighted by molar-refractivity contribution is 6.05. The molecule has 0 saturated heterocycles. The number of hydrogen-bond donors (Lipinski definition) is 2. The number of nitrogen functional groups attached to an aromatic ring is 1. The molecule has 0 aliphatic carbocycles. The molecular formula is C16H19N3O. The molecule has 0 heterocycles. The minimum atomic E-state index is -0.161. The number of nitrogens with two attached hydrogens (primary N) is 1. The molecule has 0 saturated carbocycles. The lowest BCUT2D eigenvalue weighted by atomic mass is 10.1. The second-order valence-electron chi connectivity index (χ2n) is 4.99. The molecule has 4 heteroatoms. The Kier molecular flexibility index (Phi) is 3.94. The van der Waals surface area contributed by atoms with Crippen molar-refractivity contribution in [3.63, 3.8) is 0 Å². The van der Waals surface area contributed by atoms with Gasteiger partial charge in [0.15, 0.2) is 0 Å². The van der Waals surface area contributed by atoms with Gasteiger partial charge in [-0.3, -0.25) is 4.79 Å². The first-order valence-electron chi connectivity index (χ1n) is 6.42. The third kappa shape index (κ3) is 3.09. The number of anilines is 3. The number of carbonyl (C=O) groups is 1. The Morgan fingerprint density at radius 2 is 1.75 bits per heavy atom. The van der Waals surface area contributed by atoms with Crippen molar-refractivity contribution in [3.05, 3.63) is 53.6 Å². The van der Waals surface area contributed by atoms with E-state index in [1.165, 1.54) is 0 Å². The first-order chi connectivity index (χ1) is 9.47. The molecule has 0 radical (unpaired) electrons. The molecule has 20 heavy (non-hydrogen) atoms. The third-order valence-corrected chi connectivity index (χ3v) is 3.10. The van der Waals surface area contributed by atoms with Crippen LogP contribution >= 0.6 is 0 Å². The van der Waals surface area contributed by atoms with Crippen LogP contribution in [0.2, 0.25) is 0 Å². The van der Waals surface area contributed by atoms with Crippen LogP contribution in [-0.4, -0.2) is 20.0 Å². The van der Waals surface area contributed by atoms with Crippen LogP contribution in [0.1, 0.15) is 15.9 Å². The second kappa shape index (κ2) is 5.65. The molecule has 0 fully saturated rings. The third-order valence-electron chi connectivity index (χ3n) is 3.10. The first kappa shape index (κ1) is 13.9. The summed E-state index contributed by atoms with van der Waals surface area (Å²) in [5.41, 5.74) is 9.82. The highest BCUT2D eigenvalue weighted by Gasteiger charge is 2.08. The van der Waals surface area contributed by atoms with E-state index in [2.05, 4.69) is 5.32 Å². The van der Waals surface area contributed by atoms with Gasteiger partial charge in [-0.05, 0) is 48.9 Å². The van der Waals surface area contributed by atoms with E-state index in [0.717, 1.165) is 11.3 Å². The zero-order valence-electron chi connectivity index (χ0n) is 12.0. The molecule has 2 aromatic rings. The van der Waals surface area contributed by atoms with Crippen molar-refractivity contribution < 1.29 is 4.79 Å². The van der Waals surface area contributed by atoms with Gasteiger partial charge in [-0.15, -0.1) is 0 Å². The van der Waals surface area contributed by atoms with E-state index in [0.29, 0.717) is 16.9 Å². The number of nitrogens with one attached hydrogen (secondary N) is 1. The number of carbonyl (C=O) groups excluding carboxylic acids is 1. The predicted molar refractivity (Wildman–Crippen MR) is 84.3 cm³/mol. The SMILES string of the molecule is Cc1ccc(NC(=O)c2ccc(N(C)C)cc2)c(N)c1. The van der Waals surface area contributed by atoms with E-state index in [-0.39, 0.29) is 5.91 Å². The maximum absolute atomic E-state index is 12.2. The zero-order chi connectivity index (χ0) is 14.7. The Morgan fingerprint density at radius 1 is 1.10 bits per heavy atom. The van der Waals surface area contributed by atoms with Crippen LogP contribution in [-0.2, 0) is 0 Å². The standard InChI is InChI=1S/C16H19N3O/c1-11-4-9-15(14(17)10-11)18-16(20)12-5-7-13(8-6-12)19(2)3/h4-10H,17H2,1-3H3,(H,18,20). The molecule has 0 unspecified atom stereocenters. The quantitative estimate of drug-likeness (QED) is 0.842. The highest BCUT2D eigenvalue weighted by Crippen LogP contribution is 2.20. The van der Waals surface area contributed by atoms with Gasteiger partial charge in [0, 0.05) is 25.3 Å². The number of hydrogen-bond acceptors (Lipinski definition) is 3. The van der Waals surface area contributed by atoms with E-state index in [1.54, 1.807) is 12.1 Å². The Bertz CT molecular complexity index is 618. The molecule has 0 aliphatic heterocycles. The van der Waals surface area contributed by atoms with Gasteiger partial charge in [-0.25, -0.2) is 0 Å². The highest BCUT2D eigenvalue weighted by atomic mass is 16.1. The molecule has 2 aromatic carbocycles. The molecule has 0 atom stereocenters. The van der Waals surface area contributed by atoms with Gasteiger partial charge < -0.3 is 16.0 Å². The Balaban J connectivity index is 2.15. The zero-order valence-corrected chi connectivity index (χ0v) is 12.0. The molecule has 0 spiro atoms. The number of aryl methyl sites for hydroxylation is 1. The molecule has 0 bridgehead atoms. The summed E-state index contributed by atoms with van der Waals surface area (Å²) >= 11 is 0. The average Bonchev–Trinajstić information content (AvgIpc) is 2.42. The monoisotopic (exact) mass is 269 g/mol. The predicted octanol–water partition coefficient (Wildman–Crippen LogP) is 2.90. The minimum absolute atomic E-state index is 0.161. The second-order valence-corrected chi connectivity index (χ2v) is 4.99.